The minimum atomic E-state index is -0.216. The zero-order valence-corrected chi connectivity index (χ0v) is 22.1. The van der Waals surface area contributed by atoms with Crippen LogP contribution >= 0.6 is 11.6 Å². The molecule has 0 saturated heterocycles. The van der Waals surface area contributed by atoms with Crippen LogP contribution in [0, 0.1) is 0 Å². The van der Waals surface area contributed by atoms with Crippen molar-refractivity contribution in [3.05, 3.63) is 89.4 Å². The number of anilines is 2. The SMILES string of the molecule is COCC(COC)/N=c1\cc2n(-c3cccc(Cl)c3)c3ccccc3nc-2cc1Nc1cccnc1OC. The van der Waals surface area contributed by atoms with Gasteiger partial charge in [-0.2, -0.15) is 0 Å². The summed E-state index contributed by atoms with van der Waals surface area (Å²) in [5, 5.41) is 4.82. The standard InChI is InChI=1S/C29H28ClN5O3/c1-36-17-20(18-37-2)32-25-16-28-26(15-24(25)34-23-11-7-13-31-29(23)38-3)33-22-10-4-5-12-27(22)35(28)21-9-6-8-19(30)14-21/h4-16,20,34H,17-18H2,1-3H3/b32-25+. The number of nitrogens with zero attached hydrogens (tertiary/aromatic N) is 4. The van der Waals surface area contributed by atoms with Crippen molar-refractivity contribution in [2.24, 2.45) is 4.99 Å². The minimum absolute atomic E-state index is 0.216. The highest BCUT2D eigenvalue weighted by Gasteiger charge is 2.18. The lowest BCUT2D eigenvalue weighted by Gasteiger charge is -2.21. The molecule has 0 bridgehead atoms. The number of halogens is 1. The second-order valence-corrected chi connectivity index (χ2v) is 9.09. The Bertz CT molecular complexity index is 1600. The lowest BCUT2D eigenvalue weighted by atomic mass is 10.1. The van der Waals surface area contributed by atoms with E-state index in [1.165, 1.54) is 0 Å². The number of aromatic nitrogens is 3. The van der Waals surface area contributed by atoms with Gasteiger partial charge in [0, 0.05) is 31.1 Å². The first-order chi connectivity index (χ1) is 18.6. The molecule has 2 aliphatic rings. The number of para-hydroxylation sites is 2. The molecular formula is C29H28ClN5O3. The van der Waals surface area contributed by atoms with Gasteiger partial charge in [-0.1, -0.05) is 29.8 Å². The van der Waals surface area contributed by atoms with E-state index < -0.39 is 0 Å². The van der Waals surface area contributed by atoms with Crippen LogP contribution in [0.5, 0.6) is 5.88 Å². The Kier molecular flexibility index (Phi) is 7.83. The summed E-state index contributed by atoms with van der Waals surface area (Å²) in [6, 6.07) is 23.3. The Labute approximate surface area is 225 Å². The van der Waals surface area contributed by atoms with Gasteiger partial charge in [0.1, 0.15) is 5.69 Å². The number of benzene rings is 3. The normalized spacial score (nSPS) is 12.0. The maximum absolute atomic E-state index is 6.41. The van der Waals surface area contributed by atoms with Crippen molar-refractivity contribution in [2.75, 3.05) is 39.9 Å². The molecular weight excluding hydrogens is 502 g/mol. The van der Waals surface area contributed by atoms with Crippen molar-refractivity contribution in [3.63, 3.8) is 0 Å². The molecule has 0 fully saturated rings. The van der Waals surface area contributed by atoms with Gasteiger partial charge in [-0.3, -0.25) is 4.99 Å². The smallest absolute Gasteiger partial charge is 0.237 e. The predicted octanol–water partition coefficient (Wildman–Crippen LogP) is 5.49. The van der Waals surface area contributed by atoms with Crippen LogP contribution < -0.4 is 15.4 Å². The fraction of sp³-hybridized carbons (Fsp3) is 0.207. The van der Waals surface area contributed by atoms with E-state index in [9.17, 15) is 0 Å². The molecule has 3 aromatic rings. The van der Waals surface area contributed by atoms with Crippen molar-refractivity contribution in [3.8, 4) is 23.0 Å². The van der Waals surface area contributed by atoms with E-state index in [4.69, 9.17) is 35.8 Å². The van der Waals surface area contributed by atoms with Crippen LogP contribution in [-0.2, 0) is 9.47 Å². The molecule has 2 aromatic carbocycles. The monoisotopic (exact) mass is 529 g/mol. The number of ether oxygens (including phenoxy) is 3. The summed E-state index contributed by atoms with van der Waals surface area (Å²) in [5.41, 5.74) is 5.85. The molecule has 0 amide bonds. The largest absolute Gasteiger partial charge is 0.480 e. The van der Waals surface area contributed by atoms with Crippen LogP contribution in [0.15, 0.2) is 84.0 Å². The number of hydrogen-bond acceptors (Lipinski definition) is 7. The number of fused-ring (bicyclic) bond motifs is 2. The van der Waals surface area contributed by atoms with Gasteiger partial charge in [0.15, 0.2) is 0 Å². The van der Waals surface area contributed by atoms with Crippen molar-refractivity contribution in [1.82, 2.24) is 14.5 Å². The van der Waals surface area contributed by atoms with Crippen molar-refractivity contribution < 1.29 is 14.2 Å². The van der Waals surface area contributed by atoms with Gasteiger partial charge in [0.25, 0.3) is 0 Å². The summed E-state index contributed by atoms with van der Waals surface area (Å²) in [6.07, 6.45) is 1.69. The lowest BCUT2D eigenvalue weighted by Crippen LogP contribution is -2.24. The van der Waals surface area contributed by atoms with Gasteiger partial charge in [-0.15, -0.1) is 0 Å². The second kappa shape index (κ2) is 11.6. The Hall–Kier alpha value is -3.98. The van der Waals surface area contributed by atoms with Crippen LogP contribution in [0.2, 0.25) is 5.02 Å². The van der Waals surface area contributed by atoms with Crippen LogP contribution in [0.4, 0.5) is 11.4 Å². The molecule has 1 aliphatic heterocycles. The molecule has 0 unspecified atom stereocenters. The van der Waals surface area contributed by atoms with E-state index in [0.717, 1.165) is 39.2 Å². The summed E-state index contributed by atoms with van der Waals surface area (Å²) in [5.74, 6) is 0.476. The fourth-order valence-corrected chi connectivity index (χ4v) is 4.62. The highest BCUT2D eigenvalue weighted by Crippen LogP contribution is 2.32. The Morgan fingerprint density at radius 3 is 2.50 bits per heavy atom. The molecule has 5 rings (SSSR count). The predicted molar refractivity (Wildman–Crippen MR) is 150 cm³/mol. The molecule has 9 heteroatoms. The van der Waals surface area contributed by atoms with E-state index in [1.54, 1.807) is 27.5 Å². The van der Waals surface area contributed by atoms with E-state index in [1.807, 2.05) is 72.8 Å². The first-order valence-corrected chi connectivity index (χ1v) is 12.5. The molecule has 0 saturated carbocycles. The zero-order chi connectivity index (χ0) is 26.5. The Morgan fingerprint density at radius 1 is 0.921 bits per heavy atom. The number of rotatable bonds is 9. The van der Waals surface area contributed by atoms with Gasteiger partial charge in [0.2, 0.25) is 5.88 Å². The number of nitrogens with one attached hydrogen (secondary N) is 1. The molecule has 0 spiro atoms. The average Bonchev–Trinajstić information content (AvgIpc) is 2.92. The Morgan fingerprint density at radius 2 is 1.74 bits per heavy atom. The van der Waals surface area contributed by atoms with E-state index in [-0.39, 0.29) is 6.04 Å². The van der Waals surface area contributed by atoms with Gasteiger partial charge in [-0.25, -0.2) is 9.97 Å². The highest BCUT2D eigenvalue weighted by atomic mass is 35.5. The maximum atomic E-state index is 6.41. The first kappa shape index (κ1) is 25.7. The summed E-state index contributed by atoms with van der Waals surface area (Å²) < 4.78 is 18.5. The molecule has 0 atom stereocenters. The van der Waals surface area contributed by atoms with Gasteiger partial charge in [0.05, 0.1) is 59.8 Å². The van der Waals surface area contributed by atoms with Crippen molar-refractivity contribution in [1.29, 1.82) is 0 Å². The highest BCUT2D eigenvalue weighted by molar-refractivity contribution is 6.30. The third kappa shape index (κ3) is 5.33. The summed E-state index contributed by atoms with van der Waals surface area (Å²) in [6.45, 7) is 0.817. The lowest BCUT2D eigenvalue weighted by molar-refractivity contribution is 0.118. The molecule has 2 heterocycles. The second-order valence-electron chi connectivity index (χ2n) is 8.65. The third-order valence-electron chi connectivity index (χ3n) is 6.04. The van der Waals surface area contributed by atoms with Gasteiger partial charge in [-0.05, 0) is 54.6 Å². The number of hydrogen-bond donors (Lipinski definition) is 1. The van der Waals surface area contributed by atoms with Crippen LogP contribution in [0.25, 0.3) is 28.1 Å². The fourth-order valence-electron chi connectivity index (χ4n) is 4.44. The zero-order valence-electron chi connectivity index (χ0n) is 21.4. The minimum Gasteiger partial charge on any atom is -0.480 e. The molecule has 1 N–H and O–H groups in total. The van der Waals surface area contributed by atoms with Crippen LogP contribution in [-0.4, -0.2) is 55.1 Å². The van der Waals surface area contributed by atoms with Crippen molar-refractivity contribution in [2.45, 2.75) is 6.04 Å². The molecule has 8 nitrogen and oxygen atoms in total. The molecule has 0 radical (unpaired) electrons. The van der Waals surface area contributed by atoms with E-state index in [0.29, 0.717) is 29.8 Å². The van der Waals surface area contributed by atoms with Gasteiger partial charge < -0.3 is 24.1 Å². The summed E-state index contributed by atoms with van der Waals surface area (Å²) >= 11 is 6.41. The molecule has 1 aromatic heterocycles. The first-order valence-electron chi connectivity index (χ1n) is 12.1. The van der Waals surface area contributed by atoms with Crippen molar-refractivity contribution >= 4 is 34.0 Å². The topological polar surface area (TPSA) is 82.8 Å². The molecule has 38 heavy (non-hydrogen) atoms. The summed E-state index contributed by atoms with van der Waals surface area (Å²) in [7, 11) is 4.90. The number of methoxy groups -OCH3 is 3. The van der Waals surface area contributed by atoms with Crippen LogP contribution in [0.3, 0.4) is 0 Å². The Balaban J connectivity index is 1.82. The van der Waals surface area contributed by atoms with Crippen LogP contribution in [0.1, 0.15) is 0 Å². The van der Waals surface area contributed by atoms with Gasteiger partial charge >= 0.3 is 0 Å². The maximum Gasteiger partial charge on any atom is 0.237 e. The average molecular weight is 530 g/mol. The molecule has 1 aliphatic carbocycles. The molecule has 194 valence electrons. The third-order valence-corrected chi connectivity index (χ3v) is 6.27. The van der Waals surface area contributed by atoms with E-state index >= 15 is 0 Å². The summed E-state index contributed by atoms with van der Waals surface area (Å²) in [4.78, 5) is 14.3. The van der Waals surface area contributed by atoms with E-state index in [2.05, 4.69) is 14.9 Å². The quantitative estimate of drug-likeness (QED) is 0.254. The number of pyridine rings is 1.